The van der Waals surface area contributed by atoms with Crippen molar-refractivity contribution >= 4 is 35.1 Å². The number of carbonyl (C=O) groups excluding carboxylic acids is 1. The van der Waals surface area contributed by atoms with Crippen LogP contribution < -0.4 is 10.1 Å². The van der Waals surface area contributed by atoms with Gasteiger partial charge in [0, 0.05) is 34.9 Å². The average molecular weight is 538 g/mol. The van der Waals surface area contributed by atoms with E-state index in [9.17, 15) is 27.9 Å². The van der Waals surface area contributed by atoms with Gasteiger partial charge in [0.25, 0.3) is 5.91 Å². The summed E-state index contributed by atoms with van der Waals surface area (Å²) < 4.78 is 46.2. The van der Waals surface area contributed by atoms with Crippen molar-refractivity contribution in [2.45, 2.75) is 31.0 Å². The lowest BCUT2D eigenvalue weighted by Crippen LogP contribution is -2.55. The Morgan fingerprint density at radius 3 is 2.28 bits per heavy atom. The van der Waals surface area contributed by atoms with Crippen molar-refractivity contribution in [3.05, 3.63) is 98.5 Å². The van der Waals surface area contributed by atoms with Crippen LogP contribution in [0.15, 0.2) is 60.7 Å². The lowest BCUT2D eigenvalue weighted by atomic mass is 9.95. The standard InChI is InChI=1S/C26H20Cl2F3NO4/c27-19-6-8-21(28)15(11-19)9-10-36-22-12-16(5-7-20(22)26(29,30)31)23(33)32-25(24(34)35)13-17-3-1-2-4-18(17)14-25/h1-8,11-12H,9-10,13-14H2,(H,32,33)(H,34,35). The molecule has 0 aliphatic heterocycles. The molecule has 4 rings (SSSR count). The maximum absolute atomic E-state index is 13.6. The van der Waals surface area contributed by atoms with Crippen molar-refractivity contribution in [3.63, 3.8) is 0 Å². The summed E-state index contributed by atoms with van der Waals surface area (Å²) in [5.74, 6) is -2.59. The Balaban J connectivity index is 1.56. The van der Waals surface area contributed by atoms with E-state index in [0.29, 0.717) is 15.6 Å². The minimum Gasteiger partial charge on any atom is -0.493 e. The van der Waals surface area contributed by atoms with Gasteiger partial charge in [0.05, 0.1) is 12.2 Å². The average Bonchev–Trinajstić information content (AvgIpc) is 3.20. The second kappa shape index (κ2) is 10.0. The van der Waals surface area contributed by atoms with E-state index in [1.165, 1.54) is 0 Å². The highest BCUT2D eigenvalue weighted by molar-refractivity contribution is 6.33. The van der Waals surface area contributed by atoms with E-state index in [1.54, 1.807) is 42.5 Å². The fraction of sp³-hybridized carbons (Fsp3) is 0.231. The largest absolute Gasteiger partial charge is 0.493 e. The molecule has 3 aromatic rings. The van der Waals surface area contributed by atoms with Crippen LogP contribution in [-0.4, -0.2) is 29.1 Å². The molecule has 188 valence electrons. The number of rotatable bonds is 7. The molecule has 0 radical (unpaired) electrons. The number of hydrogen-bond acceptors (Lipinski definition) is 3. The fourth-order valence-electron chi connectivity index (χ4n) is 4.22. The molecule has 10 heteroatoms. The molecule has 0 heterocycles. The Kier molecular flexibility index (Phi) is 7.20. The molecular weight excluding hydrogens is 518 g/mol. The summed E-state index contributed by atoms with van der Waals surface area (Å²) in [6.07, 6.45) is -4.43. The van der Waals surface area contributed by atoms with Crippen molar-refractivity contribution in [3.8, 4) is 5.75 Å². The molecule has 2 N–H and O–H groups in total. The first-order valence-corrected chi connectivity index (χ1v) is 11.6. The zero-order valence-corrected chi connectivity index (χ0v) is 20.2. The lowest BCUT2D eigenvalue weighted by Gasteiger charge is -2.26. The minimum atomic E-state index is -4.73. The Hall–Kier alpha value is -3.23. The van der Waals surface area contributed by atoms with Crippen molar-refractivity contribution in [2.24, 2.45) is 0 Å². The third kappa shape index (κ3) is 5.44. The smallest absolute Gasteiger partial charge is 0.419 e. The van der Waals surface area contributed by atoms with Gasteiger partial charge in [0.1, 0.15) is 11.3 Å². The topological polar surface area (TPSA) is 75.6 Å². The van der Waals surface area contributed by atoms with Gasteiger partial charge in [-0.15, -0.1) is 0 Å². The van der Waals surface area contributed by atoms with E-state index in [2.05, 4.69) is 5.32 Å². The Labute approximate surface area is 214 Å². The number of aliphatic carboxylic acids is 1. The number of halogens is 5. The van der Waals surface area contributed by atoms with E-state index < -0.39 is 34.9 Å². The summed E-state index contributed by atoms with van der Waals surface area (Å²) in [5, 5.41) is 13.2. The van der Waals surface area contributed by atoms with E-state index in [1.807, 2.05) is 0 Å². The van der Waals surface area contributed by atoms with Crippen LogP contribution in [0.5, 0.6) is 5.75 Å². The number of hydrogen-bond donors (Lipinski definition) is 2. The molecule has 0 atom stereocenters. The first-order valence-electron chi connectivity index (χ1n) is 10.9. The number of nitrogens with one attached hydrogen (secondary N) is 1. The number of benzene rings is 3. The van der Waals surface area contributed by atoms with Gasteiger partial charge < -0.3 is 15.2 Å². The predicted octanol–water partition coefficient (Wildman–Crippen LogP) is 5.99. The highest BCUT2D eigenvalue weighted by Gasteiger charge is 2.45. The molecule has 0 saturated heterocycles. The molecule has 36 heavy (non-hydrogen) atoms. The summed E-state index contributed by atoms with van der Waals surface area (Å²) in [6.45, 7) is -0.164. The van der Waals surface area contributed by atoms with Gasteiger partial charge in [0.15, 0.2) is 0 Å². The summed E-state index contributed by atoms with van der Waals surface area (Å²) in [4.78, 5) is 25.1. The predicted molar refractivity (Wildman–Crippen MR) is 129 cm³/mol. The molecule has 0 spiro atoms. The first kappa shape index (κ1) is 25.9. The number of amides is 1. The van der Waals surface area contributed by atoms with Crippen molar-refractivity contribution in [1.29, 1.82) is 0 Å². The normalized spacial score (nSPS) is 14.2. The van der Waals surface area contributed by atoms with Crippen LogP contribution in [0.25, 0.3) is 0 Å². The number of carboxylic acids is 1. The van der Waals surface area contributed by atoms with Crippen LogP contribution in [0.2, 0.25) is 10.0 Å². The third-order valence-electron chi connectivity index (χ3n) is 6.05. The molecule has 1 amide bonds. The van der Waals surface area contributed by atoms with Crippen LogP contribution in [0.4, 0.5) is 13.2 Å². The van der Waals surface area contributed by atoms with E-state index in [4.69, 9.17) is 27.9 Å². The second-order valence-electron chi connectivity index (χ2n) is 8.51. The van der Waals surface area contributed by atoms with Crippen LogP contribution >= 0.6 is 23.2 Å². The van der Waals surface area contributed by atoms with Gasteiger partial charge in [-0.3, -0.25) is 4.79 Å². The Bertz CT molecular complexity index is 1300. The number of alkyl halides is 3. The highest BCUT2D eigenvalue weighted by Crippen LogP contribution is 2.37. The quantitative estimate of drug-likeness (QED) is 0.388. The number of carbonyl (C=O) groups is 2. The summed E-state index contributed by atoms with van der Waals surface area (Å²) in [7, 11) is 0. The summed E-state index contributed by atoms with van der Waals surface area (Å²) >= 11 is 12.1. The molecule has 0 fully saturated rings. The van der Waals surface area contributed by atoms with Gasteiger partial charge in [-0.25, -0.2) is 4.79 Å². The van der Waals surface area contributed by atoms with Crippen LogP contribution in [0.1, 0.15) is 32.6 Å². The number of ether oxygens (including phenoxy) is 1. The maximum atomic E-state index is 13.6. The maximum Gasteiger partial charge on any atom is 0.419 e. The van der Waals surface area contributed by atoms with Crippen LogP contribution in [0.3, 0.4) is 0 Å². The molecule has 0 bridgehead atoms. The number of carboxylic acid groups (broad SMARTS) is 1. The van der Waals surface area contributed by atoms with Gasteiger partial charge in [-0.05, 0) is 53.1 Å². The Morgan fingerprint density at radius 2 is 1.67 bits per heavy atom. The van der Waals surface area contributed by atoms with Gasteiger partial charge in [-0.2, -0.15) is 13.2 Å². The molecular formula is C26H20Cl2F3NO4. The summed E-state index contributed by atoms with van der Waals surface area (Å²) in [6, 6.07) is 14.6. The molecule has 3 aromatic carbocycles. The monoisotopic (exact) mass is 537 g/mol. The van der Waals surface area contributed by atoms with Crippen LogP contribution in [0, 0.1) is 0 Å². The molecule has 0 aromatic heterocycles. The third-order valence-corrected chi connectivity index (χ3v) is 6.65. The lowest BCUT2D eigenvalue weighted by molar-refractivity contribution is -0.144. The van der Waals surface area contributed by atoms with Gasteiger partial charge >= 0.3 is 12.1 Å². The molecule has 1 aliphatic carbocycles. The van der Waals surface area contributed by atoms with Gasteiger partial charge in [-0.1, -0.05) is 47.5 Å². The van der Waals surface area contributed by atoms with Crippen molar-refractivity contribution in [2.75, 3.05) is 6.61 Å². The molecule has 0 unspecified atom stereocenters. The first-order chi connectivity index (χ1) is 17.0. The fourth-order valence-corrected chi connectivity index (χ4v) is 4.63. The zero-order valence-electron chi connectivity index (χ0n) is 18.7. The van der Waals surface area contributed by atoms with Crippen LogP contribution in [-0.2, 0) is 30.2 Å². The van der Waals surface area contributed by atoms with Crippen molar-refractivity contribution in [1.82, 2.24) is 5.32 Å². The minimum absolute atomic E-state index is 0.0641. The summed E-state index contributed by atoms with van der Waals surface area (Å²) in [5.41, 5.74) is -0.648. The molecule has 5 nitrogen and oxygen atoms in total. The second-order valence-corrected chi connectivity index (χ2v) is 9.35. The highest BCUT2D eigenvalue weighted by atomic mass is 35.5. The number of fused-ring (bicyclic) bond motifs is 1. The SMILES string of the molecule is O=C(NC1(C(=O)O)Cc2ccccc2C1)c1ccc(C(F)(F)F)c(OCCc2cc(Cl)ccc2Cl)c1. The molecule has 1 aliphatic rings. The zero-order chi connectivity index (χ0) is 26.1. The Morgan fingerprint density at radius 1 is 1.00 bits per heavy atom. The van der Waals surface area contributed by atoms with E-state index in [0.717, 1.165) is 29.3 Å². The van der Waals surface area contributed by atoms with E-state index in [-0.39, 0.29) is 31.4 Å². The van der Waals surface area contributed by atoms with Crippen molar-refractivity contribution < 1.29 is 32.6 Å². The van der Waals surface area contributed by atoms with Gasteiger partial charge in [0.2, 0.25) is 0 Å². The van der Waals surface area contributed by atoms with E-state index >= 15 is 0 Å². The molecule has 0 saturated carbocycles.